The van der Waals surface area contributed by atoms with Crippen molar-refractivity contribution in [2.24, 2.45) is 4.99 Å². The van der Waals surface area contributed by atoms with Crippen LogP contribution in [-0.2, 0) is 23.5 Å². The molecule has 0 radical (unpaired) electrons. The van der Waals surface area contributed by atoms with Gasteiger partial charge in [0.25, 0.3) is 0 Å². The molecule has 0 saturated carbocycles. The normalized spacial score (nSPS) is 19.1. The smallest absolute Gasteiger partial charge is 0.357 e. The maximum atomic E-state index is 12.7. The summed E-state index contributed by atoms with van der Waals surface area (Å²) in [5.41, 5.74) is 0.250. The number of rotatable bonds is 7. The van der Waals surface area contributed by atoms with Crippen LogP contribution in [0.1, 0.15) is 45.2 Å². The number of alkyl halides is 3. The molecular formula is C21H34F3IN4OS. The molecule has 1 heterocycles. The van der Waals surface area contributed by atoms with Gasteiger partial charge in [-0.2, -0.15) is 13.2 Å². The van der Waals surface area contributed by atoms with Crippen molar-refractivity contribution in [3.8, 4) is 0 Å². The fourth-order valence-corrected chi connectivity index (χ4v) is 4.08. The van der Waals surface area contributed by atoms with Crippen molar-refractivity contribution >= 4 is 40.7 Å². The van der Waals surface area contributed by atoms with Crippen LogP contribution in [0.2, 0.25) is 0 Å². The van der Waals surface area contributed by atoms with Gasteiger partial charge in [0, 0.05) is 53.5 Å². The highest BCUT2D eigenvalue weighted by Gasteiger charge is 2.30. The van der Waals surface area contributed by atoms with E-state index >= 15 is 0 Å². The molecule has 1 aliphatic heterocycles. The Labute approximate surface area is 203 Å². The van der Waals surface area contributed by atoms with Gasteiger partial charge in [-0.15, -0.1) is 24.0 Å². The first-order valence-electron chi connectivity index (χ1n) is 10.3. The third-order valence-electron chi connectivity index (χ3n) is 4.87. The second kappa shape index (κ2) is 12.4. The Bertz CT molecular complexity index is 736. The number of guanidine groups is 1. The Morgan fingerprint density at radius 2 is 1.87 bits per heavy atom. The van der Waals surface area contributed by atoms with Gasteiger partial charge in [-0.3, -0.25) is 14.1 Å². The van der Waals surface area contributed by atoms with Gasteiger partial charge in [-0.1, -0.05) is 12.1 Å². The standard InChI is InChI=1S/C21H33F3N4OS.HI/c1-5-25-19(26-11-13-30(29)20(2,3)4)27-18-10-12-28(15-18)14-16-6-8-17(9-7-16)21(22,23)24;/h6-9,18H,5,10-15H2,1-4H3,(H2,25,26,27);1H. The van der Waals surface area contributed by atoms with Gasteiger partial charge in [0.1, 0.15) is 0 Å². The molecule has 1 aromatic carbocycles. The highest BCUT2D eigenvalue weighted by molar-refractivity contribution is 14.0. The number of likely N-dealkylation sites (tertiary alicyclic amines) is 1. The summed E-state index contributed by atoms with van der Waals surface area (Å²) >= 11 is 0. The Morgan fingerprint density at radius 3 is 2.42 bits per heavy atom. The Hall–Kier alpha value is -0.880. The van der Waals surface area contributed by atoms with Gasteiger partial charge in [0.2, 0.25) is 0 Å². The van der Waals surface area contributed by atoms with Crippen molar-refractivity contribution in [2.75, 3.05) is 31.9 Å². The van der Waals surface area contributed by atoms with Gasteiger partial charge in [-0.25, -0.2) is 0 Å². The molecule has 5 nitrogen and oxygen atoms in total. The number of halogens is 4. The van der Waals surface area contributed by atoms with E-state index in [9.17, 15) is 17.4 Å². The molecule has 1 fully saturated rings. The number of nitrogens with one attached hydrogen (secondary N) is 2. The average Bonchev–Trinajstić information content (AvgIpc) is 3.07. The van der Waals surface area contributed by atoms with Gasteiger partial charge >= 0.3 is 6.18 Å². The fourth-order valence-electron chi connectivity index (χ4n) is 3.21. The van der Waals surface area contributed by atoms with E-state index in [2.05, 4.69) is 20.5 Å². The minimum absolute atomic E-state index is 0. The molecule has 31 heavy (non-hydrogen) atoms. The van der Waals surface area contributed by atoms with E-state index in [-0.39, 0.29) is 34.8 Å². The molecule has 0 amide bonds. The third kappa shape index (κ3) is 9.65. The van der Waals surface area contributed by atoms with Crippen LogP contribution in [0.25, 0.3) is 0 Å². The van der Waals surface area contributed by atoms with Crippen LogP contribution in [0.5, 0.6) is 0 Å². The molecule has 178 valence electrons. The van der Waals surface area contributed by atoms with E-state index in [0.29, 0.717) is 24.8 Å². The number of hydrogen-bond acceptors (Lipinski definition) is 3. The van der Waals surface area contributed by atoms with Crippen LogP contribution >= 0.6 is 24.0 Å². The zero-order valence-corrected chi connectivity index (χ0v) is 21.7. The summed E-state index contributed by atoms with van der Waals surface area (Å²) in [7, 11) is -0.939. The maximum absolute atomic E-state index is 12.7. The molecule has 2 N–H and O–H groups in total. The molecule has 2 unspecified atom stereocenters. The van der Waals surface area contributed by atoms with Crippen molar-refractivity contribution in [3.63, 3.8) is 0 Å². The van der Waals surface area contributed by atoms with Crippen molar-refractivity contribution < 1.29 is 17.4 Å². The Balaban J connectivity index is 0.00000480. The molecule has 1 aliphatic rings. The summed E-state index contributed by atoms with van der Waals surface area (Å²) in [6.45, 7) is 11.4. The SMILES string of the molecule is CCNC(=NCCS(=O)C(C)(C)C)NC1CCN(Cc2ccc(C(F)(F)F)cc2)C1.I. The van der Waals surface area contributed by atoms with Gasteiger partial charge in [0.05, 0.1) is 12.1 Å². The number of benzene rings is 1. The largest absolute Gasteiger partial charge is 0.416 e. The Morgan fingerprint density at radius 1 is 1.23 bits per heavy atom. The predicted octanol–water partition coefficient (Wildman–Crippen LogP) is 4.00. The zero-order chi connectivity index (χ0) is 22.4. The maximum Gasteiger partial charge on any atom is 0.416 e. The molecule has 0 aromatic heterocycles. The summed E-state index contributed by atoms with van der Waals surface area (Å²) in [4.78, 5) is 6.77. The summed E-state index contributed by atoms with van der Waals surface area (Å²) < 4.78 is 50.0. The molecule has 0 aliphatic carbocycles. The number of hydrogen-bond donors (Lipinski definition) is 2. The first-order chi connectivity index (χ1) is 14.0. The lowest BCUT2D eigenvalue weighted by Crippen LogP contribution is -2.44. The lowest BCUT2D eigenvalue weighted by atomic mass is 10.1. The third-order valence-corrected chi connectivity index (χ3v) is 6.79. The summed E-state index contributed by atoms with van der Waals surface area (Å²) in [6, 6.07) is 5.58. The summed E-state index contributed by atoms with van der Waals surface area (Å²) in [6.07, 6.45) is -3.37. The quantitative estimate of drug-likeness (QED) is 0.294. The fraction of sp³-hybridized carbons (Fsp3) is 0.667. The van der Waals surface area contributed by atoms with E-state index in [1.165, 1.54) is 0 Å². The van der Waals surface area contributed by atoms with Crippen molar-refractivity contribution in [1.82, 2.24) is 15.5 Å². The average molecular weight is 574 g/mol. The van der Waals surface area contributed by atoms with Crippen LogP contribution in [0.15, 0.2) is 29.3 Å². The second-order valence-electron chi connectivity index (χ2n) is 8.48. The molecule has 10 heteroatoms. The zero-order valence-electron chi connectivity index (χ0n) is 18.6. The second-order valence-corrected chi connectivity index (χ2v) is 10.8. The molecule has 1 saturated heterocycles. The first kappa shape index (κ1) is 28.2. The lowest BCUT2D eigenvalue weighted by Gasteiger charge is -2.20. The lowest BCUT2D eigenvalue weighted by molar-refractivity contribution is -0.137. The van der Waals surface area contributed by atoms with E-state index in [0.717, 1.165) is 43.8 Å². The molecule has 0 bridgehead atoms. The summed E-state index contributed by atoms with van der Waals surface area (Å²) in [5.74, 6) is 1.23. The van der Waals surface area contributed by atoms with Gasteiger partial charge < -0.3 is 10.6 Å². The number of nitrogens with zero attached hydrogens (tertiary/aromatic N) is 2. The van der Waals surface area contributed by atoms with Crippen LogP contribution < -0.4 is 10.6 Å². The van der Waals surface area contributed by atoms with Crippen LogP contribution in [0.4, 0.5) is 13.2 Å². The van der Waals surface area contributed by atoms with Crippen LogP contribution in [0.3, 0.4) is 0 Å². The minimum Gasteiger partial charge on any atom is -0.357 e. The monoisotopic (exact) mass is 574 g/mol. The van der Waals surface area contributed by atoms with Crippen molar-refractivity contribution in [1.29, 1.82) is 0 Å². The first-order valence-corrected chi connectivity index (χ1v) is 11.6. The highest BCUT2D eigenvalue weighted by atomic mass is 127. The molecule has 2 atom stereocenters. The Kier molecular flexibility index (Phi) is 11.2. The topological polar surface area (TPSA) is 56.7 Å². The van der Waals surface area contributed by atoms with E-state index in [4.69, 9.17) is 0 Å². The van der Waals surface area contributed by atoms with Crippen molar-refractivity contribution in [2.45, 2.75) is 57.6 Å². The van der Waals surface area contributed by atoms with Crippen molar-refractivity contribution in [3.05, 3.63) is 35.4 Å². The highest BCUT2D eigenvalue weighted by Crippen LogP contribution is 2.29. The van der Waals surface area contributed by atoms with Crippen LogP contribution in [0, 0.1) is 0 Å². The van der Waals surface area contributed by atoms with E-state index in [1.807, 2.05) is 27.7 Å². The molecule has 0 spiro atoms. The van der Waals surface area contributed by atoms with Gasteiger partial charge in [0.15, 0.2) is 5.96 Å². The van der Waals surface area contributed by atoms with E-state index in [1.54, 1.807) is 12.1 Å². The molecular weight excluding hydrogens is 540 g/mol. The predicted molar refractivity (Wildman–Crippen MR) is 132 cm³/mol. The van der Waals surface area contributed by atoms with Crippen LogP contribution in [-0.4, -0.2) is 57.8 Å². The molecule has 1 aromatic rings. The summed E-state index contributed by atoms with van der Waals surface area (Å²) in [5, 5.41) is 6.65. The minimum atomic E-state index is -4.30. The number of aliphatic imine (C=N–C) groups is 1. The van der Waals surface area contributed by atoms with E-state index < -0.39 is 22.5 Å². The van der Waals surface area contributed by atoms with Gasteiger partial charge in [-0.05, 0) is 51.8 Å². The molecule has 2 rings (SSSR count).